The van der Waals surface area contributed by atoms with Gasteiger partial charge in [0.1, 0.15) is 0 Å². The first-order valence-corrected chi connectivity index (χ1v) is 8.47. The van der Waals surface area contributed by atoms with Crippen LogP contribution in [-0.2, 0) is 21.2 Å². The number of rotatable bonds is 7. The molecule has 0 atom stereocenters. The molecule has 0 aliphatic heterocycles. The van der Waals surface area contributed by atoms with Crippen LogP contribution >= 0.6 is 0 Å². The third-order valence-corrected chi connectivity index (χ3v) is 3.87. The Labute approximate surface area is 120 Å². The lowest BCUT2D eigenvalue weighted by Gasteiger charge is -2.09. The molecule has 5 nitrogen and oxygen atoms in total. The first-order chi connectivity index (χ1) is 9.29. The molecule has 0 aromatic heterocycles. The smallest absolute Gasteiger partial charge is 0.221 e. The number of carbonyl (C=O) groups is 1. The van der Waals surface area contributed by atoms with E-state index in [0.717, 1.165) is 5.56 Å². The van der Waals surface area contributed by atoms with Crippen molar-refractivity contribution in [3.05, 3.63) is 29.8 Å². The Morgan fingerprint density at radius 2 is 1.80 bits per heavy atom. The number of amides is 1. The molecule has 2 N–H and O–H groups in total. The molecule has 0 saturated heterocycles. The second-order valence-corrected chi connectivity index (χ2v) is 7.07. The summed E-state index contributed by atoms with van der Waals surface area (Å²) in [5, 5.41) is 5.97. The minimum absolute atomic E-state index is 0.0228. The van der Waals surface area contributed by atoms with Crippen molar-refractivity contribution in [1.82, 2.24) is 10.6 Å². The van der Waals surface area contributed by atoms with Gasteiger partial charge in [0.25, 0.3) is 0 Å². The molecule has 1 aromatic rings. The number of benzene rings is 1. The third kappa shape index (κ3) is 6.16. The highest BCUT2D eigenvalue weighted by atomic mass is 32.2. The zero-order valence-electron chi connectivity index (χ0n) is 12.1. The molecular formula is C14H22N2O3S. The normalized spacial score (nSPS) is 11.6. The van der Waals surface area contributed by atoms with Crippen LogP contribution in [0.2, 0.25) is 0 Å². The van der Waals surface area contributed by atoms with Gasteiger partial charge >= 0.3 is 0 Å². The summed E-state index contributed by atoms with van der Waals surface area (Å²) < 4.78 is 22.6. The van der Waals surface area contributed by atoms with Gasteiger partial charge < -0.3 is 10.6 Å². The standard InChI is InChI=1S/C14H22N2O3S/c1-11(2)15-9-8-14(17)16-10-12-4-6-13(7-5-12)20(3,18)19/h4-7,11,15H,8-10H2,1-3H3,(H,16,17). The highest BCUT2D eigenvalue weighted by Gasteiger charge is 2.06. The maximum absolute atomic E-state index is 11.6. The zero-order valence-corrected chi connectivity index (χ0v) is 13.0. The summed E-state index contributed by atoms with van der Waals surface area (Å²) in [6.45, 7) is 5.11. The molecule has 0 fully saturated rings. The van der Waals surface area contributed by atoms with E-state index in [1.54, 1.807) is 24.3 Å². The molecule has 0 unspecified atom stereocenters. The van der Waals surface area contributed by atoms with Gasteiger partial charge in [-0.05, 0) is 17.7 Å². The predicted octanol–water partition coefficient (Wildman–Crippen LogP) is 1.09. The number of hydrogen-bond donors (Lipinski definition) is 2. The summed E-state index contributed by atoms with van der Waals surface area (Å²) in [5.41, 5.74) is 0.877. The average Bonchev–Trinajstić information content (AvgIpc) is 2.35. The maximum atomic E-state index is 11.6. The van der Waals surface area contributed by atoms with Crippen molar-refractivity contribution in [3.8, 4) is 0 Å². The summed E-state index contributed by atoms with van der Waals surface area (Å²) >= 11 is 0. The Kier molecular flexibility index (Phi) is 6.16. The molecule has 0 aliphatic carbocycles. The summed E-state index contributed by atoms with van der Waals surface area (Å²) in [4.78, 5) is 11.9. The lowest BCUT2D eigenvalue weighted by atomic mass is 10.2. The van der Waals surface area contributed by atoms with Crippen molar-refractivity contribution in [2.45, 2.75) is 37.8 Å². The fourth-order valence-corrected chi connectivity index (χ4v) is 2.25. The van der Waals surface area contributed by atoms with Crippen LogP contribution in [0.4, 0.5) is 0 Å². The molecule has 20 heavy (non-hydrogen) atoms. The van der Waals surface area contributed by atoms with E-state index >= 15 is 0 Å². The molecular weight excluding hydrogens is 276 g/mol. The Bertz CT molecular complexity index is 536. The van der Waals surface area contributed by atoms with Crippen LogP contribution in [0.25, 0.3) is 0 Å². The van der Waals surface area contributed by atoms with E-state index < -0.39 is 9.84 Å². The fourth-order valence-electron chi connectivity index (χ4n) is 1.62. The molecule has 0 heterocycles. The van der Waals surface area contributed by atoms with Crippen molar-refractivity contribution >= 4 is 15.7 Å². The van der Waals surface area contributed by atoms with Crippen molar-refractivity contribution in [1.29, 1.82) is 0 Å². The third-order valence-electron chi connectivity index (χ3n) is 2.75. The number of carbonyl (C=O) groups excluding carboxylic acids is 1. The van der Waals surface area contributed by atoms with Gasteiger partial charge in [-0.1, -0.05) is 26.0 Å². The molecule has 0 saturated carbocycles. The van der Waals surface area contributed by atoms with E-state index in [0.29, 0.717) is 25.6 Å². The highest BCUT2D eigenvalue weighted by molar-refractivity contribution is 7.90. The average molecular weight is 298 g/mol. The molecule has 6 heteroatoms. The van der Waals surface area contributed by atoms with E-state index in [1.165, 1.54) is 6.26 Å². The Morgan fingerprint density at radius 1 is 1.20 bits per heavy atom. The van der Waals surface area contributed by atoms with Crippen LogP contribution in [0.15, 0.2) is 29.2 Å². The van der Waals surface area contributed by atoms with E-state index in [4.69, 9.17) is 0 Å². The Hall–Kier alpha value is -1.40. The van der Waals surface area contributed by atoms with E-state index in [1.807, 2.05) is 13.8 Å². The lowest BCUT2D eigenvalue weighted by Crippen LogP contribution is -2.30. The first kappa shape index (κ1) is 16.7. The molecule has 0 spiro atoms. The number of hydrogen-bond acceptors (Lipinski definition) is 4. The van der Waals surface area contributed by atoms with Gasteiger partial charge in [-0.2, -0.15) is 0 Å². The monoisotopic (exact) mass is 298 g/mol. The van der Waals surface area contributed by atoms with E-state index in [9.17, 15) is 13.2 Å². The largest absolute Gasteiger partial charge is 0.352 e. The minimum atomic E-state index is -3.17. The van der Waals surface area contributed by atoms with Crippen LogP contribution in [0.3, 0.4) is 0 Å². The molecule has 0 radical (unpaired) electrons. The molecule has 0 bridgehead atoms. The van der Waals surface area contributed by atoms with Crippen molar-refractivity contribution in [2.75, 3.05) is 12.8 Å². The fraction of sp³-hybridized carbons (Fsp3) is 0.500. The topological polar surface area (TPSA) is 75.3 Å². The molecule has 1 aromatic carbocycles. The van der Waals surface area contributed by atoms with Crippen LogP contribution in [0.5, 0.6) is 0 Å². The van der Waals surface area contributed by atoms with Crippen molar-refractivity contribution in [3.63, 3.8) is 0 Å². The first-order valence-electron chi connectivity index (χ1n) is 6.58. The van der Waals surface area contributed by atoms with Gasteiger partial charge in [0, 0.05) is 31.8 Å². The zero-order chi connectivity index (χ0) is 15.2. The maximum Gasteiger partial charge on any atom is 0.221 e. The summed E-state index contributed by atoms with van der Waals surface area (Å²) in [6.07, 6.45) is 1.60. The van der Waals surface area contributed by atoms with Crippen LogP contribution < -0.4 is 10.6 Å². The quantitative estimate of drug-likeness (QED) is 0.790. The number of sulfone groups is 1. The molecule has 0 aliphatic rings. The van der Waals surface area contributed by atoms with Gasteiger partial charge in [-0.3, -0.25) is 4.79 Å². The second-order valence-electron chi connectivity index (χ2n) is 5.05. The van der Waals surface area contributed by atoms with Gasteiger partial charge in [0.2, 0.25) is 5.91 Å². The Morgan fingerprint density at radius 3 is 2.30 bits per heavy atom. The van der Waals surface area contributed by atoms with Gasteiger partial charge in [0.15, 0.2) is 9.84 Å². The second kappa shape index (κ2) is 7.40. The highest BCUT2D eigenvalue weighted by Crippen LogP contribution is 2.10. The van der Waals surface area contributed by atoms with Crippen LogP contribution in [0.1, 0.15) is 25.8 Å². The van der Waals surface area contributed by atoms with E-state index in [-0.39, 0.29) is 10.8 Å². The predicted molar refractivity (Wildman–Crippen MR) is 79.2 cm³/mol. The summed E-state index contributed by atoms with van der Waals surface area (Å²) in [5.74, 6) is -0.0228. The van der Waals surface area contributed by atoms with Gasteiger partial charge in [0.05, 0.1) is 4.90 Å². The SMILES string of the molecule is CC(C)NCCC(=O)NCc1ccc(S(C)(=O)=O)cc1. The minimum Gasteiger partial charge on any atom is -0.352 e. The lowest BCUT2D eigenvalue weighted by molar-refractivity contribution is -0.121. The summed E-state index contributed by atoms with van der Waals surface area (Å²) in [7, 11) is -3.17. The molecule has 112 valence electrons. The van der Waals surface area contributed by atoms with Crippen LogP contribution in [0, 0.1) is 0 Å². The Balaban J connectivity index is 2.40. The van der Waals surface area contributed by atoms with E-state index in [2.05, 4.69) is 10.6 Å². The molecule has 1 amide bonds. The van der Waals surface area contributed by atoms with Crippen molar-refractivity contribution in [2.24, 2.45) is 0 Å². The summed E-state index contributed by atoms with van der Waals surface area (Å²) in [6, 6.07) is 6.90. The van der Waals surface area contributed by atoms with Gasteiger partial charge in [-0.25, -0.2) is 8.42 Å². The molecule has 1 rings (SSSR count). The number of nitrogens with one attached hydrogen (secondary N) is 2. The van der Waals surface area contributed by atoms with Crippen LogP contribution in [-0.4, -0.2) is 33.2 Å². The van der Waals surface area contributed by atoms with Gasteiger partial charge in [-0.15, -0.1) is 0 Å². The van der Waals surface area contributed by atoms with Crippen molar-refractivity contribution < 1.29 is 13.2 Å².